The van der Waals surface area contributed by atoms with E-state index in [1.165, 1.54) is 23.5 Å². The first-order valence-electron chi connectivity index (χ1n) is 9.05. The summed E-state index contributed by atoms with van der Waals surface area (Å²) in [5, 5.41) is 10.1. The molecule has 1 heterocycles. The fraction of sp³-hybridized carbons (Fsp3) is 0.182. The van der Waals surface area contributed by atoms with Gasteiger partial charge in [-0.15, -0.1) is 11.8 Å². The Bertz CT molecular complexity index is 1060. The summed E-state index contributed by atoms with van der Waals surface area (Å²) in [5.41, 5.74) is 1.49. The number of thioether (sulfide) groups is 2. The van der Waals surface area contributed by atoms with Crippen LogP contribution in [0.15, 0.2) is 57.8 Å². The molecule has 3 aromatic rings. The fourth-order valence-electron chi connectivity index (χ4n) is 2.58. The number of nitriles is 1. The number of carbonyl (C=O) groups excluding carboxylic acids is 2. The molecule has 0 spiro atoms. The van der Waals surface area contributed by atoms with Crippen molar-refractivity contribution in [3.8, 4) is 17.6 Å². The van der Waals surface area contributed by atoms with Crippen LogP contribution >= 0.6 is 35.1 Å². The second kappa shape index (κ2) is 11.0. The number of methoxy groups -OCH3 is 2. The molecule has 0 aliphatic carbocycles. The van der Waals surface area contributed by atoms with Gasteiger partial charge in [0.05, 0.1) is 25.7 Å². The molecule has 0 aliphatic rings. The molecule has 1 aromatic heterocycles. The molecule has 6 nitrogen and oxygen atoms in total. The van der Waals surface area contributed by atoms with Crippen molar-refractivity contribution in [2.24, 2.45) is 0 Å². The van der Waals surface area contributed by atoms with E-state index in [9.17, 15) is 14.9 Å². The zero-order valence-corrected chi connectivity index (χ0v) is 19.2. The van der Waals surface area contributed by atoms with Crippen LogP contribution in [0.4, 0.5) is 0 Å². The fourth-order valence-corrected chi connectivity index (χ4v) is 5.46. The lowest BCUT2D eigenvalue weighted by Gasteiger charge is -2.04. The monoisotopic (exact) mass is 470 g/mol. The number of rotatable bonds is 10. The summed E-state index contributed by atoms with van der Waals surface area (Å²) in [4.78, 5) is 25.0. The minimum absolute atomic E-state index is 0.0661. The van der Waals surface area contributed by atoms with E-state index >= 15 is 0 Å². The molecular weight excluding hydrogens is 452 g/mol. The maximum atomic E-state index is 12.5. The Kier molecular flexibility index (Phi) is 8.12. The number of ether oxygens (including phenoxy) is 2. The Balaban J connectivity index is 1.63. The zero-order chi connectivity index (χ0) is 22.2. The number of hydrogen-bond acceptors (Lipinski definition) is 9. The first-order valence-corrected chi connectivity index (χ1v) is 11.8. The summed E-state index contributed by atoms with van der Waals surface area (Å²) in [6.45, 7) is 0. The van der Waals surface area contributed by atoms with Gasteiger partial charge in [-0.3, -0.25) is 9.59 Å². The van der Waals surface area contributed by atoms with Gasteiger partial charge in [-0.1, -0.05) is 36.0 Å². The van der Waals surface area contributed by atoms with Gasteiger partial charge in [0.25, 0.3) is 0 Å². The van der Waals surface area contributed by atoms with Gasteiger partial charge in [-0.05, 0) is 35.8 Å². The maximum Gasteiger partial charge on any atom is 0.173 e. The van der Waals surface area contributed by atoms with Crippen LogP contribution in [-0.2, 0) is 0 Å². The molecule has 158 valence electrons. The van der Waals surface area contributed by atoms with Gasteiger partial charge in [0.15, 0.2) is 11.6 Å². The summed E-state index contributed by atoms with van der Waals surface area (Å²) < 4.78 is 15.3. The number of Topliss-reactive ketones (excluding diaryl/α,β-unsaturated/α-hetero) is 2. The Morgan fingerprint density at radius 2 is 1.52 bits per heavy atom. The van der Waals surface area contributed by atoms with Crippen LogP contribution in [0, 0.1) is 11.3 Å². The molecule has 0 unspecified atom stereocenters. The SMILES string of the molecule is COc1cccc(C(=O)CSc2nsc(SCC(=O)c3cccc(OC)c3)c2C#N)c1. The van der Waals surface area contributed by atoms with Crippen LogP contribution in [0.2, 0.25) is 0 Å². The van der Waals surface area contributed by atoms with E-state index < -0.39 is 0 Å². The molecule has 31 heavy (non-hydrogen) atoms. The Labute approximate surface area is 192 Å². The highest BCUT2D eigenvalue weighted by molar-refractivity contribution is 8.02. The van der Waals surface area contributed by atoms with Crippen molar-refractivity contribution in [1.29, 1.82) is 5.26 Å². The van der Waals surface area contributed by atoms with Crippen LogP contribution in [0.3, 0.4) is 0 Å². The Hall–Kier alpha value is -2.80. The summed E-state index contributed by atoms with van der Waals surface area (Å²) in [6.07, 6.45) is 0. The summed E-state index contributed by atoms with van der Waals surface area (Å²) in [6, 6.07) is 16.0. The quantitative estimate of drug-likeness (QED) is 0.303. The third-order valence-corrected chi connectivity index (χ3v) is 7.38. The summed E-state index contributed by atoms with van der Waals surface area (Å²) in [7, 11) is 3.10. The molecule has 2 aromatic carbocycles. The molecule has 0 atom stereocenters. The minimum Gasteiger partial charge on any atom is -0.497 e. The molecule has 0 aliphatic heterocycles. The molecular formula is C22H18N2O4S3. The lowest BCUT2D eigenvalue weighted by molar-refractivity contribution is 0.101. The first kappa shape index (κ1) is 22.9. The van der Waals surface area contributed by atoms with Crippen molar-refractivity contribution in [2.45, 2.75) is 9.24 Å². The molecule has 0 amide bonds. The summed E-state index contributed by atoms with van der Waals surface area (Å²) in [5.74, 6) is 1.41. The van der Waals surface area contributed by atoms with Gasteiger partial charge in [0.2, 0.25) is 0 Å². The van der Waals surface area contributed by atoms with Crippen LogP contribution < -0.4 is 9.47 Å². The number of nitrogens with zero attached hydrogens (tertiary/aromatic N) is 2. The van der Waals surface area contributed by atoms with Crippen molar-refractivity contribution < 1.29 is 19.1 Å². The highest BCUT2D eigenvalue weighted by Crippen LogP contribution is 2.35. The predicted octanol–water partition coefficient (Wildman–Crippen LogP) is 4.98. The van der Waals surface area contributed by atoms with E-state index in [1.807, 2.05) is 0 Å². The largest absolute Gasteiger partial charge is 0.497 e. The van der Waals surface area contributed by atoms with Crippen LogP contribution in [0.5, 0.6) is 11.5 Å². The van der Waals surface area contributed by atoms with Gasteiger partial charge in [0.1, 0.15) is 32.4 Å². The molecule has 0 saturated carbocycles. The first-order chi connectivity index (χ1) is 15.0. The normalized spacial score (nSPS) is 10.4. The molecule has 0 N–H and O–H groups in total. The average Bonchev–Trinajstić information content (AvgIpc) is 3.22. The van der Waals surface area contributed by atoms with Crippen molar-refractivity contribution in [3.05, 3.63) is 65.2 Å². The number of hydrogen-bond donors (Lipinski definition) is 0. The highest BCUT2D eigenvalue weighted by atomic mass is 32.2. The van der Waals surface area contributed by atoms with Crippen molar-refractivity contribution in [1.82, 2.24) is 4.37 Å². The molecule has 3 rings (SSSR count). The van der Waals surface area contributed by atoms with Crippen molar-refractivity contribution in [2.75, 3.05) is 25.7 Å². The van der Waals surface area contributed by atoms with Gasteiger partial charge in [-0.2, -0.15) is 9.64 Å². The highest BCUT2D eigenvalue weighted by Gasteiger charge is 2.18. The average molecular weight is 471 g/mol. The Morgan fingerprint density at radius 3 is 2.03 bits per heavy atom. The number of carbonyl (C=O) groups is 2. The van der Waals surface area contributed by atoms with E-state index in [0.717, 1.165) is 11.5 Å². The van der Waals surface area contributed by atoms with Gasteiger partial charge in [0, 0.05) is 11.1 Å². The van der Waals surface area contributed by atoms with Gasteiger partial charge >= 0.3 is 0 Å². The number of benzene rings is 2. The van der Waals surface area contributed by atoms with Crippen LogP contribution in [-0.4, -0.2) is 41.7 Å². The molecule has 0 fully saturated rings. The van der Waals surface area contributed by atoms with Crippen molar-refractivity contribution >= 4 is 46.6 Å². The van der Waals surface area contributed by atoms with Gasteiger partial charge < -0.3 is 9.47 Å². The van der Waals surface area contributed by atoms with Crippen LogP contribution in [0.25, 0.3) is 0 Å². The van der Waals surface area contributed by atoms with E-state index in [-0.39, 0.29) is 23.1 Å². The van der Waals surface area contributed by atoms with E-state index in [0.29, 0.717) is 37.4 Å². The van der Waals surface area contributed by atoms with Gasteiger partial charge in [-0.25, -0.2) is 0 Å². The lowest BCUT2D eigenvalue weighted by atomic mass is 10.1. The third-order valence-electron chi connectivity index (χ3n) is 4.20. The second-order valence-electron chi connectivity index (χ2n) is 6.15. The molecule has 0 bridgehead atoms. The van der Waals surface area contributed by atoms with E-state index in [1.54, 1.807) is 62.8 Å². The predicted molar refractivity (Wildman–Crippen MR) is 123 cm³/mol. The maximum absolute atomic E-state index is 12.5. The van der Waals surface area contributed by atoms with E-state index in [2.05, 4.69) is 10.4 Å². The Morgan fingerprint density at radius 1 is 0.968 bits per heavy atom. The van der Waals surface area contributed by atoms with Crippen LogP contribution in [0.1, 0.15) is 26.3 Å². The molecule has 9 heteroatoms. The minimum atomic E-state index is -0.0804. The lowest BCUT2D eigenvalue weighted by Crippen LogP contribution is -2.03. The zero-order valence-electron chi connectivity index (χ0n) is 16.8. The number of aromatic nitrogens is 1. The smallest absolute Gasteiger partial charge is 0.173 e. The van der Waals surface area contributed by atoms with E-state index in [4.69, 9.17) is 9.47 Å². The summed E-state index contributed by atoms with van der Waals surface area (Å²) >= 11 is 3.65. The topological polar surface area (TPSA) is 89.3 Å². The second-order valence-corrected chi connectivity index (χ2v) is 9.13. The standard InChI is InChI=1S/C22H18N2O4S3/c1-27-16-7-3-5-14(9-16)19(25)12-29-21-18(11-23)22(31-24-21)30-13-20(26)15-6-4-8-17(10-15)28-2/h3-10H,12-13H2,1-2H3. The molecule has 0 radical (unpaired) electrons. The number of ketones is 2. The molecule has 0 saturated heterocycles. The third kappa shape index (κ3) is 5.88. The van der Waals surface area contributed by atoms with Crippen molar-refractivity contribution in [3.63, 3.8) is 0 Å².